The van der Waals surface area contributed by atoms with Crippen LogP contribution in [0.4, 0.5) is 11.4 Å². The third-order valence-electron chi connectivity index (χ3n) is 5.81. The van der Waals surface area contributed by atoms with Crippen LogP contribution in [0, 0.1) is 11.8 Å². The lowest BCUT2D eigenvalue weighted by atomic mass is 9.80. The molecule has 0 aromatic heterocycles. The number of carbonyl (C=O) groups is 4. The van der Waals surface area contributed by atoms with Crippen molar-refractivity contribution in [2.75, 3.05) is 16.8 Å². The number of rotatable bonds is 5. The number of nitrogens with zero attached hydrogens (tertiary/aromatic N) is 1. The van der Waals surface area contributed by atoms with Gasteiger partial charge in [-0.05, 0) is 71.2 Å². The summed E-state index contributed by atoms with van der Waals surface area (Å²) in [5, 5.41) is 2.27. The zero-order valence-electron chi connectivity index (χ0n) is 17.5. The molecule has 1 aliphatic carbocycles. The number of hydrogen-bond acceptors (Lipinski definition) is 5. The summed E-state index contributed by atoms with van der Waals surface area (Å²) in [7, 11) is 0. The maximum Gasteiger partial charge on any atom is 0.338 e. The maximum atomic E-state index is 12.8. The summed E-state index contributed by atoms with van der Waals surface area (Å²) >= 11 is 21.7. The first-order valence-electron chi connectivity index (χ1n) is 10.3. The molecule has 2 aromatic carbocycles. The quantitative estimate of drug-likeness (QED) is 0.301. The van der Waals surface area contributed by atoms with E-state index in [9.17, 15) is 19.2 Å². The van der Waals surface area contributed by atoms with Crippen LogP contribution >= 0.6 is 50.7 Å². The fourth-order valence-corrected chi connectivity index (χ4v) is 5.10. The number of benzene rings is 2. The first-order valence-corrected chi connectivity index (χ1v) is 12.4. The molecule has 1 saturated heterocycles. The van der Waals surface area contributed by atoms with Gasteiger partial charge in [0.15, 0.2) is 6.61 Å². The number of anilines is 2. The molecule has 34 heavy (non-hydrogen) atoms. The number of hydrogen-bond donors (Lipinski definition) is 1. The molecule has 2 aliphatic rings. The molecular formula is C23H18BrCl3N2O5. The molecule has 1 aliphatic heterocycles. The molecule has 4 rings (SSSR count). The van der Waals surface area contributed by atoms with Crippen molar-refractivity contribution in [2.24, 2.45) is 11.8 Å². The Morgan fingerprint density at radius 2 is 1.59 bits per heavy atom. The summed E-state index contributed by atoms with van der Waals surface area (Å²) in [6, 6.07) is 10.7. The average molecular weight is 589 g/mol. The second-order valence-electron chi connectivity index (χ2n) is 8.03. The molecule has 7 nitrogen and oxygen atoms in total. The summed E-state index contributed by atoms with van der Waals surface area (Å²) in [6.45, 7) is -0.500. The van der Waals surface area contributed by atoms with Crippen molar-refractivity contribution in [3.8, 4) is 0 Å². The van der Waals surface area contributed by atoms with Crippen LogP contribution in [0.5, 0.6) is 0 Å². The van der Waals surface area contributed by atoms with E-state index >= 15 is 0 Å². The Hall–Kier alpha value is -2.13. The molecule has 1 N–H and O–H groups in total. The van der Waals surface area contributed by atoms with E-state index in [0.29, 0.717) is 33.7 Å². The Morgan fingerprint density at radius 1 is 1.00 bits per heavy atom. The van der Waals surface area contributed by atoms with Crippen molar-refractivity contribution < 1.29 is 23.9 Å². The van der Waals surface area contributed by atoms with Crippen LogP contribution < -0.4 is 10.2 Å². The molecule has 1 heterocycles. The number of alkyl halides is 2. The lowest BCUT2D eigenvalue weighted by Crippen LogP contribution is -2.34. The zero-order chi connectivity index (χ0) is 24.6. The molecule has 0 spiro atoms. The maximum absolute atomic E-state index is 12.8. The Kier molecular flexibility index (Phi) is 7.52. The highest BCUT2D eigenvalue weighted by Gasteiger charge is 2.52. The van der Waals surface area contributed by atoms with Crippen molar-refractivity contribution in [1.29, 1.82) is 0 Å². The fourth-order valence-electron chi connectivity index (χ4n) is 4.08. The molecule has 11 heteroatoms. The zero-order valence-corrected chi connectivity index (χ0v) is 21.3. The number of nitrogens with one attached hydrogen (secondary N) is 1. The standard InChI is InChI=1S/C23H18BrCl3N2O5/c24-16-6-3-12(7-17(16)25)28-20(30)10-34-23(33)11-1-4-13(5-2-11)29-21(31)14-8-18(26)19(27)9-15(14)22(29)32/h1-7,14-15,18-19H,8-10H2,(H,28,30)/t14-,15+,18+,19-. The van der Waals surface area contributed by atoms with Crippen molar-refractivity contribution in [3.63, 3.8) is 0 Å². The highest BCUT2D eigenvalue weighted by molar-refractivity contribution is 9.10. The second-order valence-corrected chi connectivity index (χ2v) is 10.4. The van der Waals surface area contributed by atoms with Gasteiger partial charge in [0.05, 0.1) is 38.9 Å². The van der Waals surface area contributed by atoms with E-state index in [4.69, 9.17) is 39.5 Å². The Bertz CT molecular complexity index is 1130. The molecule has 0 unspecified atom stereocenters. The van der Waals surface area contributed by atoms with Gasteiger partial charge < -0.3 is 10.1 Å². The molecule has 1 saturated carbocycles. The van der Waals surface area contributed by atoms with Crippen LogP contribution in [-0.2, 0) is 19.1 Å². The van der Waals surface area contributed by atoms with Crippen molar-refractivity contribution in [2.45, 2.75) is 23.6 Å². The van der Waals surface area contributed by atoms with Crippen molar-refractivity contribution in [3.05, 3.63) is 57.5 Å². The average Bonchev–Trinajstić information content (AvgIpc) is 3.04. The van der Waals surface area contributed by atoms with E-state index in [1.807, 2.05) is 0 Å². The van der Waals surface area contributed by atoms with Crippen molar-refractivity contribution in [1.82, 2.24) is 0 Å². The highest BCUT2D eigenvalue weighted by Crippen LogP contribution is 2.43. The fraction of sp³-hybridized carbons (Fsp3) is 0.304. The topological polar surface area (TPSA) is 92.8 Å². The van der Waals surface area contributed by atoms with Gasteiger partial charge in [0.2, 0.25) is 11.8 Å². The van der Waals surface area contributed by atoms with Gasteiger partial charge in [-0.25, -0.2) is 4.79 Å². The number of carbonyl (C=O) groups excluding carboxylic acids is 4. The summed E-state index contributed by atoms with van der Waals surface area (Å²) in [5.74, 6) is -2.87. The molecule has 0 radical (unpaired) electrons. The van der Waals surface area contributed by atoms with Gasteiger partial charge >= 0.3 is 5.97 Å². The third-order valence-corrected chi connectivity index (χ3v) is 8.14. The van der Waals surface area contributed by atoms with Gasteiger partial charge in [-0.1, -0.05) is 11.6 Å². The smallest absolute Gasteiger partial charge is 0.338 e. The first-order chi connectivity index (χ1) is 16.2. The number of imide groups is 1. The van der Waals surface area contributed by atoms with Crippen LogP contribution in [0.2, 0.25) is 5.02 Å². The summed E-state index contributed by atoms with van der Waals surface area (Å²) in [4.78, 5) is 51.2. The monoisotopic (exact) mass is 586 g/mol. The Labute approximate surface area is 218 Å². The van der Waals surface area contributed by atoms with Crippen LogP contribution in [0.15, 0.2) is 46.9 Å². The molecule has 2 aromatic rings. The molecule has 2 fully saturated rings. The number of halogens is 4. The summed E-state index contributed by atoms with van der Waals surface area (Å²) < 4.78 is 5.74. The van der Waals surface area contributed by atoms with Crippen LogP contribution in [-0.4, -0.2) is 41.1 Å². The third kappa shape index (κ3) is 5.10. The van der Waals surface area contributed by atoms with Gasteiger partial charge in [-0.15, -0.1) is 23.2 Å². The summed E-state index contributed by atoms with van der Waals surface area (Å²) in [6.07, 6.45) is 0.695. The number of fused-ring (bicyclic) bond motifs is 1. The number of ether oxygens (including phenoxy) is 1. The van der Waals surface area contributed by atoms with E-state index in [2.05, 4.69) is 21.2 Å². The summed E-state index contributed by atoms with van der Waals surface area (Å²) in [5.41, 5.74) is 0.976. The molecule has 4 atom stereocenters. The molecular weight excluding hydrogens is 571 g/mol. The minimum Gasteiger partial charge on any atom is -0.452 e. The van der Waals surface area contributed by atoms with Gasteiger partial charge in [0, 0.05) is 10.2 Å². The predicted octanol–water partition coefficient (Wildman–Crippen LogP) is 5.01. The number of esters is 1. The van der Waals surface area contributed by atoms with Crippen molar-refractivity contribution >= 4 is 85.8 Å². The van der Waals surface area contributed by atoms with E-state index in [1.165, 1.54) is 24.3 Å². The van der Waals surface area contributed by atoms with E-state index in [0.717, 1.165) is 4.90 Å². The lowest BCUT2D eigenvalue weighted by molar-refractivity contribution is -0.122. The Balaban J connectivity index is 1.36. The van der Waals surface area contributed by atoms with E-state index < -0.39 is 30.3 Å². The van der Waals surface area contributed by atoms with Gasteiger partial charge in [-0.2, -0.15) is 0 Å². The van der Waals surface area contributed by atoms with Crippen LogP contribution in [0.3, 0.4) is 0 Å². The van der Waals surface area contributed by atoms with Crippen LogP contribution in [0.1, 0.15) is 23.2 Å². The van der Waals surface area contributed by atoms with Gasteiger partial charge in [0.1, 0.15) is 0 Å². The lowest BCUT2D eigenvalue weighted by Gasteiger charge is -2.28. The Morgan fingerprint density at radius 3 is 2.15 bits per heavy atom. The van der Waals surface area contributed by atoms with E-state index in [-0.39, 0.29) is 28.1 Å². The van der Waals surface area contributed by atoms with Crippen LogP contribution in [0.25, 0.3) is 0 Å². The first kappa shape index (κ1) is 25.0. The largest absolute Gasteiger partial charge is 0.452 e. The number of amides is 3. The molecule has 0 bridgehead atoms. The van der Waals surface area contributed by atoms with Gasteiger partial charge in [-0.3, -0.25) is 19.3 Å². The molecule has 3 amide bonds. The normalized spacial score (nSPS) is 24.1. The minimum absolute atomic E-state index is 0.168. The van der Waals surface area contributed by atoms with E-state index in [1.54, 1.807) is 18.2 Å². The predicted molar refractivity (Wildman–Crippen MR) is 132 cm³/mol. The highest BCUT2D eigenvalue weighted by atomic mass is 79.9. The SMILES string of the molecule is O=C(COC(=O)c1ccc(N2C(=O)[C@H]3C[C@@H](Cl)[C@@H](Cl)C[C@H]3C2=O)cc1)Nc1ccc(Br)c(Cl)c1. The minimum atomic E-state index is -0.724. The van der Waals surface area contributed by atoms with Gasteiger partial charge in [0.25, 0.3) is 5.91 Å². The molecule has 178 valence electrons. The second kappa shape index (κ2) is 10.2.